The Balaban J connectivity index is 1.99. The zero-order valence-corrected chi connectivity index (χ0v) is 12.6. The third-order valence-electron chi connectivity index (χ3n) is 3.39. The third-order valence-corrected chi connectivity index (χ3v) is 4.05. The van der Waals surface area contributed by atoms with Gasteiger partial charge >= 0.3 is 0 Å². The lowest BCUT2D eigenvalue weighted by Gasteiger charge is -2.20. The molecule has 0 atom stereocenters. The van der Waals surface area contributed by atoms with E-state index in [0.717, 1.165) is 11.3 Å². The minimum atomic E-state index is -0.384. The Bertz CT molecular complexity index is 713. The first kappa shape index (κ1) is 13.9. The van der Waals surface area contributed by atoms with Crippen molar-refractivity contribution in [1.82, 2.24) is 0 Å². The molecule has 0 aliphatic carbocycles. The predicted molar refractivity (Wildman–Crippen MR) is 85.2 cm³/mol. The number of rotatable bonds is 2. The third kappa shape index (κ3) is 2.71. The molecule has 2 aromatic rings. The summed E-state index contributed by atoms with van der Waals surface area (Å²) in [7, 11) is 0. The van der Waals surface area contributed by atoms with Crippen molar-refractivity contribution in [2.75, 3.05) is 16.4 Å². The molecule has 1 heterocycles. The number of nitrogens with two attached hydrogens (primary N) is 1. The minimum absolute atomic E-state index is 0.0229. The van der Waals surface area contributed by atoms with Crippen molar-refractivity contribution in [2.24, 2.45) is 0 Å². The fourth-order valence-electron chi connectivity index (χ4n) is 2.31. The van der Waals surface area contributed by atoms with E-state index in [4.69, 9.17) is 5.73 Å². The molecule has 0 fully saturated rings. The summed E-state index contributed by atoms with van der Waals surface area (Å²) in [6.45, 7) is 0. The van der Waals surface area contributed by atoms with Crippen molar-refractivity contribution in [2.45, 2.75) is 12.8 Å². The van der Waals surface area contributed by atoms with Gasteiger partial charge in [0.05, 0.1) is 17.1 Å². The van der Waals surface area contributed by atoms with Crippen LogP contribution >= 0.6 is 15.9 Å². The summed E-state index contributed by atoms with van der Waals surface area (Å²) < 4.78 is 14.5. The first-order chi connectivity index (χ1) is 10.0. The number of aryl methyl sites for hydroxylation is 1. The highest BCUT2D eigenvalue weighted by atomic mass is 79.9. The van der Waals surface area contributed by atoms with Crippen LogP contribution in [0.2, 0.25) is 0 Å². The Morgan fingerprint density at radius 1 is 1.29 bits per heavy atom. The maximum absolute atomic E-state index is 13.9. The van der Waals surface area contributed by atoms with E-state index in [-0.39, 0.29) is 11.7 Å². The van der Waals surface area contributed by atoms with Gasteiger partial charge in [0.15, 0.2) is 0 Å². The minimum Gasteiger partial charge on any atom is -0.397 e. The molecule has 6 heteroatoms. The summed E-state index contributed by atoms with van der Waals surface area (Å²) in [5.41, 5.74) is 9.11. The predicted octanol–water partition coefficient (Wildman–Crippen LogP) is 3.80. The maximum atomic E-state index is 13.9. The number of hydrogen-bond acceptors (Lipinski definition) is 3. The van der Waals surface area contributed by atoms with E-state index in [1.807, 2.05) is 6.07 Å². The second-order valence-corrected chi connectivity index (χ2v) is 5.72. The molecule has 0 bridgehead atoms. The van der Waals surface area contributed by atoms with Gasteiger partial charge in [0.25, 0.3) is 0 Å². The summed E-state index contributed by atoms with van der Waals surface area (Å²) in [5, 5.41) is 5.78. The molecule has 0 spiro atoms. The molecule has 1 amide bonds. The van der Waals surface area contributed by atoms with Crippen molar-refractivity contribution < 1.29 is 9.18 Å². The van der Waals surface area contributed by atoms with E-state index in [2.05, 4.69) is 26.6 Å². The molecule has 1 aliphatic rings. The van der Waals surface area contributed by atoms with Crippen molar-refractivity contribution >= 4 is 44.6 Å². The average Bonchev–Trinajstić information content (AvgIpc) is 2.44. The summed E-state index contributed by atoms with van der Waals surface area (Å²) in [6.07, 6.45) is 1.12. The molecule has 0 unspecified atom stereocenters. The average molecular weight is 350 g/mol. The highest BCUT2D eigenvalue weighted by molar-refractivity contribution is 9.10. The SMILES string of the molecule is Nc1cc2c(cc1Nc1c(F)cccc1Br)NC(=O)CC2. The van der Waals surface area contributed by atoms with E-state index in [9.17, 15) is 9.18 Å². The van der Waals surface area contributed by atoms with Crippen LogP contribution in [0.4, 0.5) is 27.1 Å². The molecule has 3 rings (SSSR count). The van der Waals surface area contributed by atoms with Gasteiger partial charge in [-0.15, -0.1) is 0 Å². The number of nitrogens with one attached hydrogen (secondary N) is 2. The van der Waals surface area contributed by atoms with Gasteiger partial charge in [-0.2, -0.15) is 0 Å². The van der Waals surface area contributed by atoms with Gasteiger partial charge in [-0.1, -0.05) is 6.07 Å². The van der Waals surface area contributed by atoms with Crippen LogP contribution in [0.15, 0.2) is 34.8 Å². The van der Waals surface area contributed by atoms with Crippen LogP contribution in [0.3, 0.4) is 0 Å². The highest BCUT2D eigenvalue weighted by Crippen LogP contribution is 2.35. The Hall–Kier alpha value is -2.08. The fraction of sp³-hybridized carbons (Fsp3) is 0.133. The molecule has 1 aliphatic heterocycles. The molecular weight excluding hydrogens is 337 g/mol. The zero-order valence-electron chi connectivity index (χ0n) is 11.0. The zero-order chi connectivity index (χ0) is 15.0. The van der Waals surface area contributed by atoms with Crippen molar-refractivity contribution in [3.8, 4) is 0 Å². The van der Waals surface area contributed by atoms with E-state index in [1.165, 1.54) is 6.07 Å². The van der Waals surface area contributed by atoms with Gasteiger partial charge in [0.2, 0.25) is 5.91 Å². The second-order valence-electron chi connectivity index (χ2n) is 4.87. The largest absolute Gasteiger partial charge is 0.397 e. The van der Waals surface area contributed by atoms with Gasteiger partial charge in [-0.05, 0) is 52.2 Å². The number of nitrogen functional groups attached to an aromatic ring is 1. The molecule has 0 saturated heterocycles. The van der Waals surface area contributed by atoms with Crippen LogP contribution in [0.25, 0.3) is 0 Å². The number of fused-ring (bicyclic) bond motifs is 1. The van der Waals surface area contributed by atoms with Gasteiger partial charge in [0.1, 0.15) is 5.82 Å². The fourth-order valence-corrected chi connectivity index (χ4v) is 2.75. The summed E-state index contributed by atoms with van der Waals surface area (Å²) in [5.74, 6) is -0.407. The van der Waals surface area contributed by atoms with Gasteiger partial charge in [-0.3, -0.25) is 4.79 Å². The number of anilines is 4. The van der Waals surface area contributed by atoms with Crippen LogP contribution in [0, 0.1) is 5.82 Å². The molecule has 0 saturated carbocycles. The van der Waals surface area contributed by atoms with Gasteiger partial charge < -0.3 is 16.4 Å². The van der Waals surface area contributed by atoms with E-state index in [1.54, 1.807) is 18.2 Å². The molecule has 108 valence electrons. The van der Waals surface area contributed by atoms with Crippen molar-refractivity contribution in [1.29, 1.82) is 0 Å². The topological polar surface area (TPSA) is 67.2 Å². The number of carbonyl (C=O) groups is 1. The summed E-state index contributed by atoms with van der Waals surface area (Å²) in [4.78, 5) is 11.5. The maximum Gasteiger partial charge on any atom is 0.224 e. The summed E-state index contributed by atoms with van der Waals surface area (Å²) >= 11 is 3.30. The Morgan fingerprint density at radius 2 is 2.10 bits per heavy atom. The van der Waals surface area contributed by atoms with Crippen molar-refractivity contribution in [3.05, 3.63) is 46.2 Å². The van der Waals surface area contributed by atoms with E-state index < -0.39 is 0 Å². The van der Waals surface area contributed by atoms with Crippen LogP contribution in [-0.2, 0) is 11.2 Å². The Labute approximate surface area is 129 Å². The van der Waals surface area contributed by atoms with Crippen LogP contribution in [-0.4, -0.2) is 5.91 Å². The first-order valence-electron chi connectivity index (χ1n) is 6.48. The molecule has 21 heavy (non-hydrogen) atoms. The lowest BCUT2D eigenvalue weighted by atomic mass is 10.0. The summed E-state index contributed by atoms with van der Waals surface area (Å²) in [6, 6.07) is 8.26. The number of halogens is 2. The quantitative estimate of drug-likeness (QED) is 0.722. The normalized spacial score (nSPS) is 13.5. The molecule has 2 aromatic carbocycles. The smallest absolute Gasteiger partial charge is 0.224 e. The molecule has 4 N–H and O–H groups in total. The standard InChI is InChI=1S/C15H13BrFN3O/c16-9-2-1-3-10(17)15(9)20-13-7-12-8(6-11(13)18)4-5-14(21)19-12/h1-3,6-7,20H,4-5,18H2,(H,19,21). The van der Waals surface area contributed by atoms with Crippen LogP contribution in [0.5, 0.6) is 0 Å². The number of amides is 1. The monoisotopic (exact) mass is 349 g/mol. The Kier molecular flexibility index (Phi) is 3.55. The van der Waals surface area contributed by atoms with Gasteiger partial charge in [0, 0.05) is 16.6 Å². The van der Waals surface area contributed by atoms with Crippen LogP contribution in [0.1, 0.15) is 12.0 Å². The molecule has 0 radical (unpaired) electrons. The van der Waals surface area contributed by atoms with Crippen LogP contribution < -0.4 is 16.4 Å². The molecular formula is C15H13BrFN3O. The number of para-hydroxylation sites is 1. The number of benzene rings is 2. The number of hydrogen-bond donors (Lipinski definition) is 3. The van der Waals surface area contributed by atoms with Gasteiger partial charge in [-0.25, -0.2) is 4.39 Å². The lowest BCUT2D eigenvalue weighted by Crippen LogP contribution is -2.19. The van der Waals surface area contributed by atoms with Crippen molar-refractivity contribution in [3.63, 3.8) is 0 Å². The number of carbonyl (C=O) groups excluding carboxylic acids is 1. The van der Waals surface area contributed by atoms with E-state index >= 15 is 0 Å². The first-order valence-corrected chi connectivity index (χ1v) is 7.27. The van der Waals surface area contributed by atoms with E-state index in [0.29, 0.717) is 34.4 Å². The highest BCUT2D eigenvalue weighted by Gasteiger charge is 2.17. The molecule has 0 aromatic heterocycles. The second kappa shape index (κ2) is 5.37. The molecule has 4 nitrogen and oxygen atoms in total. The lowest BCUT2D eigenvalue weighted by molar-refractivity contribution is -0.116. The Morgan fingerprint density at radius 3 is 2.86 bits per heavy atom.